The molecule has 0 spiro atoms. The summed E-state index contributed by atoms with van der Waals surface area (Å²) in [5, 5.41) is 3.60. The van der Waals surface area contributed by atoms with E-state index in [2.05, 4.69) is 60.9 Å². The Labute approximate surface area is 180 Å². The van der Waals surface area contributed by atoms with Crippen molar-refractivity contribution in [2.24, 2.45) is 0 Å². The minimum atomic E-state index is -0.0965. The molecule has 7 heteroatoms. The number of hydrogen-bond donors (Lipinski definition) is 1. The van der Waals surface area contributed by atoms with Crippen molar-refractivity contribution in [1.82, 2.24) is 19.4 Å². The minimum absolute atomic E-state index is 0. The van der Waals surface area contributed by atoms with E-state index in [1.165, 1.54) is 0 Å². The summed E-state index contributed by atoms with van der Waals surface area (Å²) >= 11 is 1.65. The summed E-state index contributed by atoms with van der Waals surface area (Å²) in [5.41, 5.74) is 3.57. The van der Waals surface area contributed by atoms with Gasteiger partial charge >= 0.3 is 0 Å². The van der Waals surface area contributed by atoms with Gasteiger partial charge in [0.1, 0.15) is 17.2 Å². The van der Waals surface area contributed by atoms with Gasteiger partial charge in [0, 0.05) is 24.1 Å². The third-order valence-electron chi connectivity index (χ3n) is 4.04. The average Bonchev–Trinajstić information content (AvgIpc) is 3.20. The molecule has 0 radical (unpaired) electrons. The fourth-order valence-corrected chi connectivity index (χ4v) is 3.90. The summed E-state index contributed by atoms with van der Waals surface area (Å²) < 4.78 is 2.05. The van der Waals surface area contributed by atoms with Gasteiger partial charge in [-0.1, -0.05) is 6.07 Å². The fourth-order valence-electron chi connectivity index (χ4n) is 2.88. The number of aryl methyl sites for hydroxylation is 1. The van der Waals surface area contributed by atoms with Crippen molar-refractivity contribution >= 4 is 35.2 Å². The number of halogens is 1. The van der Waals surface area contributed by atoms with Gasteiger partial charge in [0.05, 0.1) is 16.0 Å². The smallest absolute Gasteiger partial charge is 0.157 e. The van der Waals surface area contributed by atoms with Gasteiger partial charge in [-0.05, 0) is 63.3 Å². The van der Waals surface area contributed by atoms with E-state index in [-0.39, 0.29) is 17.9 Å². The molecule has 148 valence electrons. The molecule has 4 aromatic rings. The first kappa shape index (κ1) is 20.8. The Morgan fingerprint density at radius 3 is 2.69 bits per heavy atom. The molecule has 0 aliphatic carbocycles. The molecule has 0 aliphatic heterocycles. The van der Waals surface area contributed by atoms with Crippen LogP contribution in [0, 0.1) is 18.8 Å². The van der Waals surface area contributed by atoms with Gasteiger partial charge in [-0.3, -0.25) is 9.38 Å². The van der Waals surface area contributed by atoms with Gasteiger partial charge in [-0.25, -0.2) is 9.97 Å². The minimum Gasteiger partial charge on any atom is -0.365 e. The summed E-state index contributed by atoms with van der Waals surface area (Å²) in [6.45, 7) is 8.52. The second-order valence-electron chi connectivity index (χ2n) is 7.58. The maximum absolute atomic E-state index is 4.85. The van der Waals surface area contributed by atoms with E-state index in [1.807, 2.05) is 28.8 Å². The van der Waals surface area contributed by atoms with Crippen molar-refractivity contribution in [3.63, 3.8) is 0 Å². The van der Waals surface area contributed by atoms with Crippen LogP contribution < -0.4 is 5.32 Å². The summed E-state index contributed by atoms with van der Waals surface area (Å²) in [6, 6.07) is 7.85. The number of anilines is 1. The van der Waals surface area contributed by atoms with Crippen LogP contribution in [-0.2, 0) is 0 Å². The molecule has 5 nitrogen and oxygen atoms in total. The molecule has 0 atom stereocenters. The average molecular weight is 424 g/mol. The van der Waals surface area contributed by atoms with E-state index in [4.69, 9.17) is 4.98 Å². The lowest BCUT2D eigenvalue weighted by Gasteiger charge is -2.22. The van der Waals surface area contributed by atoms with E-state index >= 15 is 0 Å². The third kappa shape index (κ3) is 4.58. The van der Waals surface area contributed by atoms with Gasteiger partial charge in [-0.2, -0.15) is 0 Å². The van der Waals surface area contributed by atoms with E-state index in [0.717, 1.165) is 38.2 Å². The Hall–Kier alpha value is -2.88. The molecular formula is C22H22ClN5S. The SMILES string of the molecule is Cc1cc(C#Cc2ccccn2)sc1-c1nc2cnccn2c1NC(C)(C)C.Cl. The van der Waals surface area contributed by atoms with Crippen LogP contribution in [0.25, 0.3) is 16.2 Å². The lowest BCUT2D eigenvalue weighted by molar-refractivity contribution is 0.629. The molecule has 0 bridgehead atoms. The van der Waals surface area contributed by atoms with E-state index in [1.54, 1.807) is 29.9 Å². The second-order valence-corrected chi connectivity index (χ2v) is 8.63. The quantitative estimate of drug-likeness (QED) is 0.450. The number of imidazole rings is 1. The maximum Gasteiger partial charge on any atom is 0.157 e. The molecule has 0 unspecified atom stereocenters. The van der Waals surface area contributed by atoms with Gasteiger partial charge in [0.15, 0.2) is 5.65 Å². The molecule has 1 N–H and O–H groups in total. The van der Waals surface area contributed by atoms with Crippen LogP contribution in [0.2, 0.25) is 0 Å². The molecule has 4 aromatic heterocycles. The number of pyridine rings is 1. The maximum atomic E-state index is 4.85. The number of thiophene rings is 1. The number of aromatic nitrogens is 4. The summed E-state index contributed by atoms with van der Waals surface area (Å²) in [7, 11) is 0. The van der Waals surface area contributed by atoms with E-state index in [9.17, 15) is 0 Å². The molecule has 4 rings (SSSR count). The number of nitrogens with zero attached hydrogens (tertiary/aromatic N) is 4. The number of nitrogens with one attached hydrogen (secondary N) is 1. The third-order valence-corrected chi connectivity index (χ3v) is 5.19. The predicted octanol–water partition coefficient (Wildman–Crippen LogP) is 5.19. The predicted molar refractivity (Wildman–Crippen MR) is 122 cm³/mol. The molecule has 4 heterocycles. The zero-order valence-corrected chi connectivity index (χ0v) is 18.4. The Bertz CT molecular complexity index is 1190. The number of fused-ring (bicyclic) bond motifs is 1. The first-order valence-corrected chi connectivity index (χ1v) is 9.86. The van der Waals surface area contributed by atoms with Gasteiger partial charge < -0.3 is 5.32 Å². The lowest BCUT2D eigenvalue weighted by Crippen LogP contribution is -2.27. The number of rotatable bonds is 2. The van der Waals surface area contributed by atoms with Gasteiger partial charge in [0.25, 0.3) is 0 Å². The highest BCUT2D eigenvalue weighted by Gasteiger charge is 2.21. The van der Waals surface area contributed by atoms with Crippen molar-refractivity contribution < 1.29 is 0 Å². The van der Waals surface area contributed by atoms with Crippen LogP contribution >= 0.6 is 23.7 Å². The molecular weight excluding hydrogens is 402 g/mol. The summed E-state index contributed by atoms with van der Waals surface area (Å²) in [4.78, 5) is 15.4. The lowest BCUT2D eigenvalue weighted by atomic mass is 10.1. The first-order chi connectivity index (χ1) is 13.4. The number of hydrogen-bond acceptors (Lipinski definition) is 5. The molecule has 0 amide bonds. The molecule has 0 saturated carbocycles. The Balaban J connectivity index is 0.00000240. The highest BCUT2D eigenvalue weighted by atomic mass is 35.5. The fraction of sp³-hybridized carbons (Fsp3) is 0.227. The molecule has 0 aliphatic rings. The normalized spacial score (nSPS) is 10.9. The van der Waals surface area contributed by atoms with Crippen LogP contribution in [0.1, 0.15) is 36.9 Å². The largest absolute Gasteiger partial charge is 0.365 e. The van der Waals surface area contributed by atoms with Crippen molar-refractivity contribution in [3.8, 4) is 22.4 Å². The van der Waals surface area contributed by atoms with Crippen molar-refractivity contribution in [3.05, 3.63) is 65.2 Å². The highest BCUT2D eigenvalue weighted by Crippen LogP contribution is 2.37. The Morgan fingerprint density at radius 2 is 1.97 bits per heavy atom. The van der Waals surface area contributed by atoms with Crippen molar-refractivity contribution in [2.45, 2.75) is 33.2 Å². The monoisotopic (exact) mass is 423 g/mol. The summed E-state index contributed by atoms with van der Waals surface area (Å²) in [5.74, 6) is 7.33. The molecule has 0 aromatic carbocycles. The van der Waals surface area contributed by atoms with Crippen molar-refractivity contribution in [1.29, 1.82) is 0 Å². The summed E-state index contributed by atoms with van der Waals surface area (Å²) in [6.07, 6.45) is 7.24. The van der Waals surface area contributed by atoms with Crippen LogP contribution in [0.5, 0.6) is 0 Å². The zero-order chi connectivity index (χ0) is 19.7. The van der Waals surface area contributed by atoms with Crippen LogP contribution in [0.3, 0.4) is 0 Å². The second kappa shape index (κ2) is 8.24. The topological polar surface area (TPSA) is 55.1 Å². The van der Waals surface area contributed by atoms with E-state index < -0.39 is 0 Å². The van der Waals surface area contributed by atoms with Gasteiger partial charge in [0.2, 0.25) is 0 Å². The van der Waals surface area contributed by atoms with Crippen molar-refractivity contribution in [2.75, 3.05) is 5.32 Å². The van der Waals surface area contributed by atoms with Gasteiger partial charge in [-0.15, -0.1) is 23.7 Å². The Morgan fingerprint density at radius 1 is 1.14 bits per heavy atom. The Kier molecular flexibility index (Phi) is 5.92. The van der Waals surface area contributed by atoms with Crippen LogP contribution in [0.15, 0.2) is 49.1 Å². The first-order valence-electron chi connectivity index (χ1n) is 9.05. The zero-order valence-electron chi connectivity index (χ0n) is 16.7. The molecule has 0 fully saturated rings. The standard InChI is InChI=1S/C22H21N5S.ClH/c1-15-13-17(9-8-16-7-5-6-10-24-16)28-20(15)19-21(26-22(2,3)4)27-12-11-23-14-18(27)25-19;/h5-7,10-14,26H,1-4H3;1H. The molecule has 29 heavy (non-hydrogen) atoms. The van der Waals surface area contributed by atoms with Crippen LogP contribution in [-0.4, -0.2) is 24.9 Å². The highest BCUT2D eigenvalue weighted by molar-refractivity contribution is 7.16. The van der Waals surface area contributed by atoms with E-state index in [0.29, 0.717) is 0 Å². The van der Waals surface area contributed by atoms with Crippen LogP contribution in [0.4, 0.5) is 5.82 Å². The molecule has 0 saturated heterocycles.